The number of piperidine rings is 2. The van der Waals surface area contributed by atoms with Gasteiger partial charge in [0.05, 0.1) is 12.8 Å². The van der Waals surface area contributed by atoms with Crippen molar-refractivity contribution < 1.29 is 8.42 Å². The Morgan fingerprint density at radius 2 is 1.60 bits per heavy atom. The first-order chi connectivity index (χ1) is 14.4. The van der Waals surface area contributed by atoms with Crippen molar-refractivity contribution in [1.82, 2.24) is 19.8 Å². The zero-order chi connectivity index (χ0) is 21.5. The van der Waals surface area contributed by atoms with Crippen molar-refractivity contribution in [2.75, 3.05) is 52.1 Å². The smallest absolute Gasteiger partial charge is 0.211 e. The van der Waals surface area contributed by atoms with Crippen LogP contribution in [0.5, 0.6) is 0 Å². The fraction of sp³-hybridized carbons (Fsp3) is 0.955. The van der Waals surface area contributed by atoms with E-state index in [0.29, 0.717) is 19.0 Å². The fourth-order valence-corrected chi connectivity index (χ4v) is 6.28. The molecule has 2 saturated heterocycles. The van der Waals surface area contributed by atoms with E-state index in [1.165, 1.54) is 70.7 Å². The maximum absolute atomic E-state index is 11.7. The fourth-order valence-electron chi connectivity index (χ4n) is 5.41. The van der Waals surface area contributed by atoms with E-state index in [1.54, 1.807) is 4.31 Å². The lowest BCUT2D eigenvalue weighted by Gasteiger charge is -2.47. The number of rotatable bonds is 7. The summed E-state index contributed by atoms with van der Waals surface area (Å²) in [5.41, 5.74) is 0.252. The molecule has 2 heterocycles. The summed E-state index contributed by atoms with van der Waals surface area (Å²) in [5.74, 6) is 1.42. The van der Waals surface area contributed by atoms with E-state index < -0.39 is 10.0 Å². The van der Waals surface area contributed by atoms with Gasteiger partial charge in [-0.15, -0.1) is 0 Å². The molecule has 3 rings (SSSR count). The van der Waals surface area contributed by atoms with Gasteiger partial charge in [0.2, 0.25) is 10.0 Å². The molecule has 2 aliphatic heterocycles. The van der Waals surface area contributed by atoms with Crippen LogP contribution in [-0.4, -0.2) is 81.2 Å². The lowest BCUT2D eigenvalue weighted by molar-refractivity contribution is 0.0407. The average Bonchev–Trinajstić information content (AvgIpc) is 2.76. The van der Waals surface area contributed by atoms with Gasteiger partial charge in [0.15, 0.2) is 5.96 Å². The second kappa shape index (κ2) is 11.1. The van der Waals surface area contributed by atoms with Crippen LogP contribution in [0.25, 0.3) is 0 Å². The predicted octanol–water partition coefficient (Wildman–Crippen LogP) is 2.40. The third-order valence-corrected chi connectivity index (χ3v) is 8.59. The van der Waals surface area contributed by atoms with Crippen molar-refractivity contribution in [3.63, 3.8) is 0 Å². The molecule has 0 aromatic rings. The molecule has 0 bridgehead atoms. The van der Waals surface area contributed by atoms with E-state index in [1.807, 2.05) is 0 Å². The molecule has 2 N–H and O–H groups in total. The lowest BCUT2D eigenvalue weighted by Crippen LogP contribution is -2.55. The largest absolute Gasteiger partial charge is 0.357 e. The summed E-state index contributed by atoms with van der Waals surface area (Å²) in [7, 11) is -3.06. The molecule has 7 nitrogen and oxygen atoms in total. The molecule has 3 aliphatic rings. The SMILES string of the molecule is CCNC(=NCC1(N2CCCCC2)CCCCC1)NCC1CCN(S(C)(=O)=O)CC1. The second-order valence-corrected chi connectivity index (χ2v) is 11.5. The van der Waals surface area contributed by atoms with Crippen molar-refractivity contribution in [3.05, 3.63) is 0 Å². The number of guanidine groups is 1. The highest BCUT2D eigenvalue weighted by atomic mass is 32.2. The van der Waals surface area contributed by atoms with Crippen molar-refractivity contribution in [1.29, 1.82) is 0 Å². The Bertz CT molecular complexity index is 646. The first kappa shape index (κ1) is 23.8. The first-order valence-electron chi connectivity index (χ1n) is 12.2. The minimum atomic E-state index is -3.06. The van der Waals surface area contributed by atoms with Crippen molar-refractivity contribution in [2.24, 2.45) is 10.9 Å². The Balaban J connectivity index is 1.56. The van der Waals surface area contributed by atoms with Crippen molar-refractivity contribution in [3.8, 4) is 0 Å². The van der Waals surface area contributed by atoms with Crippen LogP contribution in [-0.2, 0) is 10.0 Å². The summed E-state index contributed by atoms with van der Waals surface area (Å²) in [4.78, 5) is 7.82. The summed E-state index contributed by atoms with van der Waals surface area (Å²) in [6, 6.07) is 0. The maximum atomic E-state index is 11.7. The van der Waals surface area contributed by atoms with Crippen LogP contribution in [0.3, 0.4) is 0 Å². The van der Waals surface area contributed by atoms with Crippen LogP contribution in [0.2, 0.25) is 0 Å². The molecule has 0 aromatic carbocycles. The monoisotopic (exact) mass is 441 g/mol. The molecule has 0 amide bonds. The van der Waals surface area contributed by atoms with Gasteiger partial charge in [0, 0.05) is 31.7 Å². The molecule has 8 heteroatoms. The molecular weight excluding hydrogens is 398 g/mol. The Morgan fingerprint density at radius 3 is 2.20 bits per heavy atom. The molecule has 3 fully saturated rings. The van der Waals surface area contributed by atoms with Gasteiger partial charge < -0.3 is 10.6 Å². The number of nitrogens with zero attached hydrogens (tertiary/aromatic N) is 3. The Labute approximate surface area is 184 Å². The number of hydrogen-bond acceptors (Lipinski definition) is 4. The van der Waals surface area contributed by atoms with Crippen LogP contribution in [0.4, 0.5) is 0 Å². The van der Waals surface area contributed by atoms with Crippen LogP contribution in [0, 0.1) is 5.92 Å². The van der Waals surface area contributed by atoms with Gasteiger partial charge in [-0.3, -0.25) is 9.89 Å². The molecule has 1 aliphatic carbocycles. The standard InChI is InChI=1S/C22H43N5O2S/c1-3-23-21(24-18-20-10-16-27(17-11-20)30(2,28)29)25-19-22(12-6-4-7-13-22)26-14-8-5-9-15-26/h20H,3-19H2,1-2H3,(H2,23,24,25). The summed E-state index contributed by atoms with van der Waals surface area (Å²) >= 11 is 0. The molecule has 0 aromatic heterocycles. The highest BCUT2D eigenvalue weighted by molar-refractivity contribution is 7.88. The molecule has 0 spiro atoms. The van der Waals surface area contributed by atoms with Gasteiger partial charge in [0.1, 0.15) is 0 Å². The van der Waals surface area contributed by atoms with Gasteiger partial charge in [-0.05, 0) is 64.5 Å². The van der Waals surface area contributed by atoms with Gasteiger partial charge >= 0.3 is 0 Å². The van der Waals surface area contributed by atoms with Crippen molar-refractivity contribution >= 4 is 16.0 Å². The summed E-state index contributed by atoms with van der Waals surface area (Å²) in [6.07, 6.45) is 13.7. The number of aliphatic imine (C=N–C) groups is 1. The first-order valence-corrected chi connectivity index (χ1v) is 14.0. The molecule has 0 atom stereocenters. The number of nitrogens with one attached hydrogen (secondary N) is 2. The van der Waals surface area contributed by atoms with E-state index in [-0.39, 0.29) is 5.54 Å². The van der Waals surface area contributed by atoms with Gasteiger partial charge in [-0.1, -0.05) is 25.7 Å². The maximum Gasteiger partial charge on any atom is 0.211 e. The van der Waals surface area contributed by atoms with Gasteiger partial charge in [-0.2, -0.15) is 0 Å². The van der Waals surface area contributed by atoms with E-state index in [2.05, 4.69) is 22.5 Å². The van der Waals surface area contributed by atoms with Crippen LogP contribution in [0.1, 0.15) is 71.1 Å². The topological polar surface area (TPSA) is 77.0 Å². The third-order valence-electron chi connectivity index (χ3n) is 7.29. The highest BCUT2D eigenvalue weighted by Gasteiger charge is 2.38. The van der Waals surface area contributed by atoms with E-state index >= 15 is 0 Å². The molecule has 0 radical (unpaired) electrons. The molecular formula is C22H43N5O2S. The average molecular weight is 442 g/mol. The quantitative estimate of drug-likeness (QED) is 0.469. The number of likely N-dealkylation sites (tertiary alicyclic amines) is 1. The van der Waals surface area contributed by atoms with Crippen LogP contribution < -0.4 is 10.6 Å². The molecule has 1 saturated carbocycles. The zero-order valence-corrected chi connectivity index (χ0v) is 20.0. The Morgan fingerprint density at radius 1 is 0.967 bits per heavy atom. The summed E-state index contributed by atoms with van der Waals surface area (Å²) < 4.78 is 25.0. The van der Waals surface area contributed by atoms with E-state index in [0.717, 1.165) is 38.4 Å². The molecule has 0 unspecified atom stereocenters. The normalized spacial score (nSPS) is 25.2. The lowest BCUT2D eigenvalue weighted by atomic mass is 9.79. The number of hydrogen-bond donors (Lipinski definition) is 2. The Kier molecular flexibility index (Phi) is 8.83. The van der Waals surface area contributed by atoms with Crippen molar-refractivity contribution in [2.45, 2.75) is 76.7 Å². The second-order valence-electron chi connectivity index (χ2n) is 9.51. The van der Waals surface area contributed by atoms with Gasteiger partial charge in [0.25, 0.3) is 0 Å². The highest BCUT2D eigenvalue weighted by Crippen LogP contribution is 2.35. The minimum Gasteiger partial charge on any atom is -0.357 e. The number of sulfonamides is 1. The van der Waals surface area contributed by atoms with E-state index in [9.17, 15) is 8.42 Å². The van der Waals surface area contributed by atoms with E-state index in [4.69, 9.17) is 4.99 Å². The molecule has 174 valence electrons. The minimum absolute atomic E-state index is 0.252. The molecule has 30 heavy (non-hydrogen) atoms. The summed E-state index contributed by atoms with van der Waals surface area (Å²) in [6.45, 7) is 8.46. The zero-order valence-electron chi connectivity index (χ0n) is 19.2. The third kappa shape index (κ3) is 6.57. The Hall–Kier alpha value is -0.860. The van der Waals surface area contributed by atoms with Crippen LogP contribution >= 0.6 is 0 Å². The predicted molar refractivity (Wildman–Crippen MR) is 124 cm³/mol. The summed E-state index contributed by atoms with van der Waals surface area (Å²) in [5, 5.41) is 6.99. The van der Waals surface area contributed by atoms with Gasteiger partial charge in [-0.25, -0.2) is 12.7 Å². The van der Waals surface area contributed by atoms with Crippen LogP contribution in [0.15, 0.2) is 4.99 Å².